The summed E-state index contributed by atoms with van der Waals surface area (Å²) < 4.78 is 26.1. The van der Waals surface area contributed by atoms with Crippen LogP contribution in [0.1, 0.15) is 110 Å². The van der Waals surface area contributed by atoms with Crippen LogP contribution in [0.3, 0.4) is 0 Å². The highest BCUT2D eigenvalue weighted by Crippen LogP contribution is 2.44. The van der Waals surface area contributed by atoms with Crippen LogP contribution in [0.5, 0.6) is 23.0 Å². The Balaban J connectivity index is 0.000000131. The standard InChI is InChI=1S/C23H26ClN5O2S.C21H21ClN6OS.C21H23ClN4O3S.C20H21ClN4O2S/c1-28(2)9-8-17(30)21-26-22(25-12-14-5-6-18(31-4)16(24)11-14)20-15-7-10-29(3)13-19(15)32-23(20)27-21;1-28-8-6-13-17(11-28)30-21-18(13)20(25-19(26-21)15-5-7-24-27-15)23-10-12-3-4-16(29-2)14(22)9-12;1-4-29-21(27)19-24-18(23-10-12-5-6-15(28-3)14(22)9-12)17-13-7-8-26(2)11-16(13)30-20(17)25-19;1-11(26)18-23-19(22-9-12-4-5-15(27-3)14(21)8-12)17-13-6-7-25(2)10-16(13)28-20(17)24-18/h5-6,8-9,11H,7,10,12-13H2,1-4H3,(H,25,26,27);3-5,7,9H,6,8,10-11H2,1-2H3,(H,24,27)(H,23,25,26);5-6,9H,4,7-8,10-11H2,1-3H3,(H,23,24,25);4-5,8H,6-7,9-10H2,1-3H3,(H,22,23,24)/b9-8-;;;. The molecule has 9 aromatic heterocycles. The minimum absolute atomic E-state index is 0.0755. The Morgan fingerprint density at radius 2 is 0.800 bits per heavy atom. The van der Waals surface area contributed by atoms with Crippen molar-refractivity contribution >= 4 is 173 Å². The van der Waals surface area contributed by atoms with Crippen LogP contribution in [-0.4, -0.2) is 196 Å². The maximum absolute atomic E-state index is 12.7. The number of ketones is 2. The number of esters is 1. The number of methoxy groups -OCH3 is 4. The molecule has 0 amide bonds. The van der Waals surface area contributed by atoms with Crippen molar-refractivity contribution in [3.05, 3.63) is 199 Å². The van der Waals surface area contributed by atoms with Gasteiger partial charge in [0.25, 0.3) is 0 Å². The number of thiophene rings is 4. The van der Waals surface area contributed by atoms with E-state index >= 15 is 0 Å². The topological polar surface area (TPSA) is 293 Å². The number of rotatable bonds is 23. The summed E-state index contributed by atoms with van der Waals surface area (Å²) in [6.45, 7) is 13.3. The lowest BCUT2D eigenvalue weighted by Gasteiger charge is -2.22. The van der Waals surface area contributed by atoms with Gasteiger partial charge in [0.2, 0.25) is 17.4 Å². The van der Waals surface area contributed by atoms with Crippen molar-refractivity contribution in [3.8, 4) is 34.5 Å². The number of ether oxygens (including phenoxy) is 5. The molecule has 0 spiro atoms. The van der Waals surface area contributed by atoms with Gasteiger partial charge in [-0.2, -0.15) is 5.10 Å². The highest BCUT2D eigenvalue weighted by molar-refractivity contribution is 7.20. The van der Waals surface area contributed by atoms with E-state index in [1.165, 1.54) is 54.8 Å². The molecule has 13 aromatic rings. The molecule has 626 valence electrons. The molecule has 0 fully saturated rings. The largest absolute Gasteiger partial charge is 0.495 e. The normalized spacial score (nSPS) is 14.0. The molecular weight excluding hydrogens is 1690 g/mol. The lowest BCUT2D eigenvalue weighted by Crippen LogP contribution is -2.25. The Kier molecular flexibility index (Phi) is 27.9. The molecule has 0 atom stereocenters. The molecule has 0 unspecified atom stereocenters. The van der Waals surface area contributed by atoms with Crippen LogP contribution in [0.4, 0.5) is 23.3 Å². The van der Waals surface area contributed by atoms with Crippen LogP contribution in [0.15, 0.2) is 97.3 Å². The van der Waals surface area contributed by atoms with Crippen LogP contribution in [0, 0.1) is 0 Å². The number of fused-ring (bicyclic) bond motifs is 12. The second-order valence-electron chi connectivity index (χ2n) is 29.5. The molecule has 27 nitrogen and oxygen atoms in total. The third-order valence-corrected chi connectivity index (χ3v) is 26.2. The van der Waals surface area contributed by atoms with Crippen molar-refractivity contribution in [3.63, 3.8) is 0 Å². The summed E-state index contributed by atoms with van der Waals surface area (Å²) in [5.74, 6) is 5.75. The number of halogens is 4. The molecule has 0 bridgehead atoms. The van der Waals surface area contributed by atoms with Crippen molar-refractivity contribution in [1.82, 2.24) is 74.6 Å². The molecular formula is C85H91Cl4N19O8S4. The Labute approximate surface area is 730 Å². The number of likely N-dealkylation sites (N-methyl/N-ethyl adjacent to an activating group) is 4. The SMILES string of the molecule is CCOC(=O)c1nc(NCc2ccc(OC)c(Cl)c2)c2c3c(sc2n1)CN(C)CC3.COc1ccc(CNc2nc(-c3ccn[nH]3)nc3sc4c(c23)CCN(C)C4)cc1Cl.COc1ccc(CNc2nc(C(=O)/C=C\N(C)C)nc3sc4c(c23)CCN(C)C4)cc1Cl.COc1ccc(CNc2nc(C(C)=O)nc3sc4c(c23)CCN(C)C4)cc1Cl. The van der Waals surface area contributed by atoms with Gasteiger partial charge >= 0.3 is 5.97 Å². The number of nitrogens with zero attached hydrogens (tertiary/aromatic N) is 14. The highest BCUT2D eigenvalue weighted by Gasteiger charge is 2.30. The number of Topliss-reactive ketones (excluding diaryl/α,β-unsaturated/α-hetero) is 1. The van der Waals surface area contributed by atoms with Gasteiger partial charge in [0.05, 0.1) is 76.7 Å². The zero-order valence-electron chi connectivity index (χ0n) is 68.4. The molecule has 4 aromatic carbocycles. The van der Waals surface area contributed by atoms with Gasteiger partial charge < -0.3 is 69.5 Å². The summed E-state index contributed by atoms with van der Waals surface area (Å²) in [7, 11) is 18.6. The number of H-pyrrole nitrogens is 1. The predicted octanol–water partition coefficient (Wildman–Crippen LogP) is 16.8. The molecule has 0 saturated heterocycles. The number of nitrogens with one attached hydrogen (secondary N) is 5. The summed E-state index contributed by atoms with van der Waals surface area (Å²) in [6.07, 6.45) is 8.73. The van der Waals surface area contributed by atoms with E-state index in [4.69, 9.17) is 80.1 Å². The Bertz CT molecular complexity index is 6000. The lowest BCUT2D eigenvalue weighted by molar-refractivity contribution is 0.0512. The number of aromatic nitrogens is 10. The van der Waals surface area contributed by atoms with Crippen molar-refractivity contribution < 1.29 is 38.1 Å². The van der Waals surface area contributed by atoms with Crippen molar-refractivity contribution in [1.29, 1.82) is 0 Å². The summed E-state index contributed by atoms with van der Waals surface area (Å²) in [5.41, 5.74) is 10.0. The van der Waals surface area contributed by atoms with E-state index < -0.39 is 5.97 Å². The quantitative estimate of drug-likeness (QED) is 0.0226. The molecule has 0 radical (unpaired) electrons. The predicted molar refractivity (Wildman–Crippen MR) is 482 cm³/mol. The van der Waals surface area contributed by atoms with E-state index in [1.54, 1.807) is 93.1 Å². The van der Waals surface area contributed by atoms with Crippen LogP contribution < -0.4 is 40.2 Å². The Morgan fingerprint density at radius 1 is 0.467 bits per heavy atom. The van der Waals surface area contributed by atoms with Gasteiger partial charge in [-0.05, 0) is 160 Å². The zero-order valence-corrected chi connectivity index (χ0v) is 74.7. The van der Waals surface area contributed by atoms with Crippen LogP contribution in [0.2, 0.25) is 20.1 Å². The van der Waals surface area contributed by atoms with Crippen molar-refractivity contribution in [2.45, 2.75) is 91.9 Å². The molecule has 35 heteroatoms. The first kappa shape index (κ1) is 86.4. The van der Waals surface area contributed by atoms with E-state index in [-0.39, 0.29) is 35.6 Å². The van der Waals surface area contributed by atoms with Gasteiger partial charge in [0, 0.05) is 138 Å². The lowest BCUT2D eigenvalue weighted by atomic mass is 10.1. The summed E-state index contributed by atoms with van der Waals surface area (Å²) in [4.78, 5) is 93.8. The fraction of sp³-hybridized carbons (Fsp3) is 0.341. The number of carbonyl (C=O) groups is 3. The maximum Gasteiger partial charge on any atom is 0.376 e. The molecule has 17 rings (SSSR count). The summed E-state index contributed by atoms with van der Waals surface area (Å²) in [6, 6.07) is 24.7. The summed E-state index contributed by atoms with van der Waals surface area (Å²) >= 11 is 31.8. The molecule has 120 heavy (non-hydrogen) atoms. The number of benzene rings is 4. The van der Waals surface area contributed by atoms with Crippen LogP contribution in [0.25, 0.3) is 52.4 Å². The number of anilines is 4. The molecule has 4 aliphatic rings. The van der Waals surface area contributed by atoms with Crippen LogP contribution in [-0.2, 0) is 82.8 Å². The number of hydrogen-bond donors (Lipinski definition) is 5. The van der Waals surface area contributed by atoms with Gasteiger partial charge in [0.15, 0.2) is 17.4 Å². The first-order chi connectivity index (χ1) is 57.9. The van der Waals surface area contributed by atoms with E-state index in [1.807, 2.05) is 97.9 Å². The van der Waals surface area contributed by atoms with Crippen molar-refractivity contribution in [2.75, 3.05) is 125 Å². The zero-order chi connectivity index (χ0) is 84.6. The van der Waals surface area contributed by atoms with E-state index in [9.17, 15) is 14.4 Å². The average molecular weight is 1780 g/mol. The van der Waals surface area contributed by atoms with E-state index in [0.717, 1.165) is 153 Å². The van der Waals surface area contributed by atoms with Gasteiger partial charge in [0.1, 0.15) is 71.3 Å². The number of allylic oxidation sites excluding steroid dienone is 1. The minimum atomic E-state index is -0.515. The maximum atomic E-state index is 12.7. The van der Waals surface area contributed by atoms with Gasteiger partial charge in [-0.3, -0.25) is 14.7 Å². The van der Waals surface area contributed by atoms with Gasteiger partial charge in [-0.1, -0.05) is 70.7 Å². The first-order valence-corrected chi connectivity index (χ1v) is 43.6. The molecule has 13 heterocycles. The molecule has 0 saturated carbocycles. The molecule has 4 aliphatic heterocycles. The third kappa shape index (κ3) is 19.9. The minimum Gasteiger partial charge on any atom is -0.495 e. The monoisotopic (exact) mass is 1770 g/mol. The van der Waals surface area contributed by atoms with Gasteiger partial charge in [-0.15, -0.1) is 45.3 Å². The fourth-order valence-corrected chi connectivity index (χ4v) is 20.7. The number of carbonyl (C=O) groups excluding carboxylic acids is 3. The second kappa shape index (κ2) is 38.8. The second-order valence-corrected chi connectivity index (χ2v) is 35.4. The highest BCUT2D eigenvalue weighted by atomic mass is 35.5. The fourth-order valence-electron chi connectivity index (χ4n) is 14.4. The Hall–Kier alpha value is -10.0. The van der Waals surface area contributed by atoms with Gasteiger partial charge in [-0.25, -0.2) is 44.7 Å². The molecule has 5 N–H and O–H groups in total. The van der Waals surface area contributed by atoms with E-state index in [2.05, 4.69) is 109 Å². The summed E-state index contributed by atoms with van der Waals surface area (Å²) in [5, 5.41) is 27.2. The smallest absolute Gasteiger partial charge is 0.376 e. The average Bonchev–Trinajstić information content (AvgIpc) is 1.62. The van der Waals surface area contributed by atoms with Crippen molar-refractivity contribution in [2.24, 2.45) is 0 Å². The number of hydrogen-bond acceptors (Lipinski definition) is 30. The van der Waals surface area contributed by atoms with E-state index in [0.29, 0.717) is 92.5 Å². The third-order valence-electron chi connectivity index (χ3n) is 20.5. The first-order valence-electron chi connectivity index (χ1n) is 38.8. The number of aromatic amines is 1. The Morgan fingerprint density at radius 3 is 1.12 bits per heavy atom. The van der Waals surface area contributed by atoms with Crippen LogP contribution >= 0.6 is 91.8 Å². The molecule has 0 aliphatic carbocycles.